The summed E-state index contributed by atoms with van der Waals surface area (Å²) in [5.74, 6) is 0. The largest absolute Gasteiger partial charge is 0.312 e. The van der Waals surface area contributed by atoms with E-state index in [1.165, 1.54) is 31.2 Å². The summed E-state index contributed by atoms with van der Waals surface area (Å²) < 4.78 is 1.89. The SMILES string of the molecule is CC1(CNCc2ccc(-n3cccn3)cc2)CCCC1. The van der Waals surface area contributed by atoms with E-state index in [2.05, 4.69) is 41.6 Å². The van der Waals surface area contributed by atoms with Crippen LogP contribution in [0.25, 0.3) is 5.69 Å². The third-order valence-corrected chi connectivity index (χ3v) is 4.40. The fourth-order valence-corrected chi connectivity index (χ4v) is 3.10. The number of rotatable bonds is 5. The minimum atomic E-state index is 0.523. The van der Waals surface area contributed by atoms with E-state index in [1.807, 2.05) is 16.9 Å². The average Bonchev–Trinajstić information content (AvgIpc) is 3.11. The molecule has 0 atom stereocenters. The molecule has 0 radical (unpaired) electrons. The maximum atomic E-state index is 4.24. The van der Waals surface area contributed by atoms with E-state index in [0.29, 0.717) is 5.41 Å². The molecule has 1 aromatic carbocycles. The van der Waals surface area contributed by atoms with Gasteiger partial charge in [0.1, 0.15) is 0 Å². The lowest BCUT2D eigenvalue weighted by Crippen LogP contribution is -2.29. The highest BCUT2D eigenvalue weighted by Gasteiger charge is 2.27. The van der Waals surface area contributed by atoms with Gasteiger partial charge in [-0.3, -0.25) is 0 Å². The van der Waals surface area contributed by atoms with E-state index in [4.69, 9.17) is 0 Å². The summed E-state index contributed by atoms with van der Waals surface area (Å²) in [6.45, 7) is 4.50. The Bertz CT molecular complexity index is 522. The molecule has 1 heterocycles. The molecule has 0 aliphatic heterocycles. The number of hydrogen-bond acceptors (Lipinski definition) is 2. The van der Waals surface area contributed by atoms with Crippen molar-refractivity contribution in [3.63, 3.8) is 0 Å². The molecular formula is C17H23N3. The minimum Gasteiger partial charge on any atom is -0.312 e. The van der Waals surface area contributed by atoms with Crippen molar-refractivity contribution in [1.29, 1.82) is 0 Å². The van der Waals surface area contributed by atoms with Crippen molar-refractivity contribution < 1.29 is 0 Å². The van der Waals surface area contributed by atoms with Gasteiger partial charge in [0.05, 0.1) is 5.69 Å². The minimum absolute atomic E-state index is 0.523. The molecule has 0 unspecified atom stereocenters. The zero-order valence-electron chi connectivity index (χ0n) is 12.2. The third kappa shape index (κ3) is 3.10. The molecule has 1 fully saturated rings. The van der Waals surface area contributed by atoms with Crippen LogP contribution in [0.3, 0.4) is 0 Å². The van der Waals surface area contributed by atoms with Crippen LogP contribution in [0.15, 0.2) is 42.7 Å². The molecule has 3 nitrogen and oxygen atoms in total. The van der Waals surface area contributed by atoms with Crippen LogP contribution in [0.2, 0.25) is 0 Å². The highest BCUT2D eigenvalue weighted by Crippen LogP contribution is 2.36. The summed E-state index contributed by atoms with van der Waals surface area (Å²) >= 11 is 0. The molecule has 3 rings (SSSR count). The lowest BCUT2D eigenvalue weighted by Gasteiger charge is -2.23. The topological polar surface area (TPSA) is 29.9 Å². The molecule has 1 aliphatic carbocycles. The predicted molar refractivity (Wildman–Crippen MR) is 81.8 cm³/mol. The van der Waals surface area contributed by atoms with E-state index in [9.17, 15) is 0 Å². The van der Waals surface area contributed by atoms with Gasteiger partial charge in [0, 0.05) is 25.5 Å². The van der Waals surface area contributed by atoms with Gasteiger partial charge in [-0.25, -0.2) is 4.68 Å². The maximum absolute atomic E-state index is 4.24. The molecule has 0 bridgehead atoms. The van der Waals surface area contributed by atoms with Crippen molar-refractivity contribution >= 4 is 0 Å². The van der Waals surface area contributed by atoms with Gasteiger partial charge in [-0.1, -0.05) is 31.9 Å². The molecule has 1 saturated carbocycles. The number of nitrogens with one attached hydrogen (secondary N) is 1. The lowest BCUT2D eigenvalue weighted by atomic mass is 9.89. The van der Waals surface area contributed by atoms with E-state index < -0.39 is 0 Å². The molecular weight excluding hydrogens is 246 g/mol. The molecule has 3 heteroatoms. The summed E-state index contributed by atoms with van der Waals surface area (Å²) in [5, 5.41) is 7.86. The molecule has 1 aromatic heterocycles. The monoisotopic (exact) mass is 269 g/mol. The third-order valence-electron chi connectivity index (χ3n) is 4.40. The number of hydrogen-bond donors (Lipinski definition) is 1. The maximum Gasteiger partial charge on any atom is 0.0645 e. The molecule has 2 aromatic rings. The second kappa shape index (κ2) is 5.80. The Labute approximate surface area is 121 Å². The van der Waals surface area contributed by atoms with Crippen molar-refractivity contribution in [2.24, 2.45) is 5.41 Å². The van der Waals surface area contributed by atoms with Gasteiger partial charge in [0.2, 0.25) is 0 Å². The van der Waals surface area contributed by atoms with Gasteiger partial charge in [-0.05, 0) is 42.0 Å². The molecule has 106 valence electrons. The summed E-state index contributed by atoms with van der Waals surface area (Å²) in [7, 11) is 0. The van der Waals surface area contributed by atoms with Crippen molar-refractivity contribution in [2.75, 3.05) is 6.54 Å². The van der Waals surface area contributed by atoms with Crippen LogP contribution >= 0.6 is 0 Å². The number of nitrogens with zero attached hydrogens (tertiary/aromatic N) is 2. The average molecular weight is 269 g/mol. The Morgan fingerprint density at radius 3 is 2.60 bits per heavy atom. The van der Waals surface area contributed by atoms with Crippen LogP contribution < -0.4 is 5.32 Å². The summed E-state index contributed by atoms with van der Waals surface area (Å²) in [6.07, 6.45) is 9.32. The van der Waals surface area contributed by atoms with Crippen LogP contribution in [-0.2, 0) is 6.54 Å². The van der Waals surface area contributed by atoms with Crippen LogP contribution in [0.4, 0.5) is 0 Å². The smallest absolute Gasteiger partial charge is 0.0645 e. The number of benzene rings is 1. The van der Waals surface area contributed by atoms with E-state index >= 15 is 0 Å². The second-order valence-electron chi connectivity index (χ2n) is 6.24. The molecule has 0 amide bonds. The van der Waals surface area contributed by atoms with Crippen molar-refractivity contribution in [3.8, 4) is 5.69 Å². The Morgan fingerprint density at radius 2 is 1.95 bits per heavy atom. The Morgan fingerprint density at radius 1 is 1.20 bits per heavy atom. The zero-order valence-corrected chi connectivity index (χ0v) is 12.2. The normalized spacial score (nSPS) is 17.4. The van der Waals surface area contributed by atoms with Crippen molar-refractivity contribution in [1.82, 2.24) is 15.1 Å². The molecule has 20 heavy (non-hydrogen) atoms. The Hall–Kier alpha value is -1.61. The summed E-state index contributed by atoms with van der Waals surface area (Å²) in [6, 6.07) is 10.6. The molecule has 0 saturated heterocycles. The van der Waals surface area contributed by atoms with Crippen LogP contribution in [-0.4, -0.2) is 16.3 Å². The highest BCUT2D eigenvalue weighted by molar-refractivity contribution is 5.33. The van der Waals surface area contributed by atoms with Crippen molar-refractivity contribution in [2.45, 2.75) is 39.2 Å². The van der Waals surface area contributed by atoms with Gasteiger partial charge in [-0.2, -0.15) is 5.10 Å². The Kier molecular flexibility index (Phi) is 3.88. The zero-order chi connectivity index (χ0) is 13.8. The number of aromatic nitrogens is 2. The van der Waals surface area contributed by atoms with Gasteiger partial charge in [-0.15, -0.1) is 0 Å². The Balaban J connectivity index is 1.53. The molecule has 1 aliphatic rings. The first-order valence-electron chi connectivity index (χ1n) is 7.55. The van der Waals surface area contributed by atoms with Gasteiger partial charge in [0.15, 0.2) is 0 Å². The molecule has 0 spiro atoms. The van der Waals surface area contributed by atoms with Crippen LogP contribution in [0, 0.1) is 5.41 Å². The lowest BCUT2D eigenvalue weighted by molar-refractivity contribution is 0.314. The van der Waals surface area contributed by atoms with Crippen molar-refractivity contribution in [3.05, 3.63) is 48.3 Å². The standard InChI is InChI=1S/C17H23N3/c1-17(9-2-3-10-17)14-18-13-15-5-7-16(8-6-15)20-12-4-11-19-20/h4-8,11-12,18H,2-3,9-10,13-14H2,1H3. The molecule has 1 N–H and O–H groups in total. The first kappa shape index (κ1) is 13.4. The first-order valence-corrected chi connectivity index (χ1v) is 7.55. The fourth-order valence-electron chi connectivity index (χ4n) is 3.10. The quantitative estimate of drug-likeness (QED) is 0.899. The van der Waals surface area contributed by atoms with Gasteiger partial charge < -0.3 is 5.32 Å². The van der Waals surface area contributed by atoms with E-state index in [1.54, 1.807) is 6.20 Å². The van der Waals surface area contributed by atoms with E-state index in [-0.39, 0.29) is 0 Å². The van der Waals surface area contributed by atoms with Gasteiger partial charge in [0.25, 0.3) is 0 Å². The summed E-state index contributed by atoms with van der Waals surface area (Å²) in [5.41, 5.74) is 2.97. The van der Waals surface area contributed by atoms with Gasteiger partial charge >= 0.3 is 0 Å². The summed E-state index contributed by atoms with van der Waals surface area (Å²) in [4.78, 5) is 0. The second-order valence-corrected chi connectivity index (χ2v) is 6.24. The van der Waals surface area contributed by atoms with Crippen LogP contribution in [0.5, 0.6) is 0 Å². The highest BCUT2D eigenvalue weighted by atomic mass is 15.3. The predicted octanol–water partition coefficient (Wildman–Crippen LogP) is 3.54. The van der Waals surface area contributed by atoms with Crippen LogP contribution in [0.1, 0.15) is 38.2 Å². The first-order chi connectivity index (χ1) is 9.75. The fraction of sp³-hybridized carbons (Fsp3) is 0.471. The van der Waals surface area contributed by atoms with E-state index in [0.717, 1.165) is 18.8 Å².